The number of carbonyl (C=O) groups is 1. The Morgan fingerprint density at radius 2 is 1.88 bits per heavy atom. The van der Waals surface area contributed by atoms with Crippen molar-refractivity contribution in [1.29, 1.82) is 0 Å². The molecular formula is C10H12F2N2O2. The number of halogens is 2. The molecule has 1 aromatic carbocycles. The van der Waals surface area contributed by atoms with E-state index in [9.17, 15) is 13.6 Å². The molecule has 0 saturated carbocycles. The molecule has 3 N–H and O–H groups in total. The third kappa shape index (κ3) is 2.11. The van der Waals surface area contributed by atoms with Gasteiger partial charge in [0.15, 0.2) is 0 Å². The third-order valence-corrected chi connectivity index (χ3v) is 2.14. The van der Waals surface area contributed by atoms with Gasteiger partial charge in [0.1, 0.15) is 17.7 Å². The number of anilines is 1. The smallest absolute Gasteiger partial charge is 0.325 e. The number of aliphatic carboxylic acids is 1. The molecule has 0 spiro atoms. The Morgan fingerprint density at radius 3 is 2.31 bits per heavy atom. The van der Waals surface area contributed by atoms with Crippen molar-refractivity contribution >= 4 is 11.7 Å². The van der Waals surface area contributed by atoms with Crippen molar-refractivity contribution in [3.05, 3.63) is 29.3 Å². The van der Waals surface area contributed by atoms with Gasteiger partial charge in [-0.2, -0.15) is 0 Å². The van der Waals surface area contributed by atoms with Crippen molar-refractivity contribution in [2.45, 2.75) is 6.04 Å². The highest BCUT2D eigenvalue weighted by Gasteiger charge is 2.25. The van der Waals surface area contributed by atoms with Gasteiger partial charge in [0, 0.05) is 19.7 Å². The fraction of sp³-hybridized carbons (Fsp3) is 0.300. The molecule has 88 valence electrons. The molecule has 0 aliphatic heterocycles. The molecule has 1 rings (SSSR count). The van der Waals surface area contributed by atoms with Crippen LogP contribution in [-0.2, 0) is 4.79 Å². The van der Waals surface area contributed by atoms with Gasteiger partial charge < -0.3 is 15.7 Å². The zero-order valence-corrected chi connectivity index (χ0v) is 8.87. The summed E-state index contributed by atoms with van der Waals surface area (Å²) in [6, 6.07) is 0.205. The Hall–Kier alpha value is -1.69. The second-order valence-electron chi connectivity index (χ2n) is 3.50. The molecule has 16 heavy (non-hydrogen) atoms. The average molecular weight is 230 g/mol. The lowest BCUT2D eigenvalue weighted by Gasteiger charge is -2.20. The van der Waals surface area contributed by atoms with Gasteiger partial charge in [-0.05, 0) is 12.1 Å². The molecule has 0 saturated heterocycles. The van der Waals surface area contributed by atoms with Crippen LogP contribution < -0.4 is 10.6 Å². The number of benzene rings is 1. The monoisotopic (exact) mass is 230 g/mol. The maximum absolute atomic E-state index is 13.5. The summed E-state index contributed by atoms with van der Waals surface area (Å²) in [7, 11) is 2.96. The molecule has 4 nitrogen and oxygen atoms in total. The number of rotatable bonds is 3. The van der Waals surface area contributed by atoms with Crippen LogP contribution in [0.1, 0.15) is 11.6 Å². The van der Waals surface area contributed by atoms with Crippen molar-refractivity contribution in [3.63, 3.8) is 0 Å². The van der Waals surface area contributed by atoms with E-state index in [2.05, 4.69) is 0 Å². The van der Waals surface area contributed by atoms with Crippen LogP contribution in [0.3, 0.4) is 0 Å². The van der Waals surface area contributed by atoms with Crippen LogP contribution in [0.25, 0.3) is 0 Å². The zero-order chi connectivity index (χ0) is 12.5. The minimum Gasteiger partial charge on any atom is -0.480 e. The van der Waals surface area contributed by atoms with Crippen LogP contribution in [0.15, 0.2) is 12.1 Å². The van der Waals surface area contributed by atoms with E-state index in [0.717, 1.165) is 12.1 Å². The van der Waals surface area contributed by atoms with Crippen LogP contribution in [0.5, 0.6) is 0 Å². The summed E-state index contributed by atoms with van der Waals surface area (Å²) in [4.78, 5) is 12.0. The normalized spacial score (nSPS) is 12.3. The summed E-state index contributed by atoms with van der Waals surface area (Å²) in [5.41, 5.74) is 4.82. The second-order valence-corrected chi connectivity index (χ2v) is 3.50. The molecule has 6 heteroatoms. The standard InChI is InChI=1S/C10H12F2N2O2/c1-14(2)9-6(12)4-3-5(11)7(9)8(13)10(15)16/h3-4,8H,13H2,1-2H3,(H,15,16). The van der Waals surface area contributed by atoms with Gasteiger partial charge in [0.2, 0.25) is 0 Å². The van der Waals surface area contributed by atoms with Crippen LogP contribution >= 0.6 is 0 Å². The minimum absolute atomic E-state index is 0.144. The van der Waals surface area contributed by atoms with Crippen molar-refractivity contribution in [1.82, 2.24) is 0 Å². The van der Waals surface area contributed by atoms with Crippen molar-refractivity contribution in [3.8, 4) is 0 Å². The Morgan fingerprint density at radius 1 is 1.38 bits per heavy atom. The molecule has 0 radical (unpaired) electrons. The maximum atomic E-state index is 13.5. The predicted molar refractivity (Wildman–Crippen MR) is 55.2 cm³/mol. The first kappa shape index (κ1) is 12.4. The molecule has 0 aliphatic rings. The fourth-order valence-electron chi connectivity index (χ4n) is 1.43. The molecule has 0 aliphatic carbocycles. The lowest BCUT2D eigenvalue weighted by Crippen LogP contribution is -2.26. The Labute approximate surface area is 91.3 Å². The number of carboxylic acid groups (broad SMARTS) is 1. The maximum Gasteiger partial charge on any atom is 0.325 e. The fourth-order valence-corrected chi connectivity index (χ4v) is 1.43. The molecule has 0 heterocycles. The van der Waals surface area contributed by atoms with Gasteiger partial charge in [-0.3, -0.25) is 4.79 Å². The summed E-state index contributed by atoms with van der Waals surface area (Å²) in [5.74, 6) is -2.95. The molecule has 0 fully saturated rings. The first-order valence-corrected chi connectivity index (χ1v) is 4.50. The molecule has 1 atom stereocenters. The number of nitrogens with zero attached hydrogens (tertiary/aromatic N) is 1. The number of hydrogen-bond donors (Lipinski definition) is 2. The molecular weight excluding hydrogens is 218 g/mol. The highest BCUT2D eigenvalue weighted by Crippen LogP contribution is 2.29. The first-order chi connectivity index (χ1) is 7.36. The van der Waals surface area contributed by atoms with E-state index in [0.29, 0.717) is 0 Å². The summed E-state index contributed by atoms with van der Waals surface area (Å²) >= 11 is 0. The van der Waals surface area contributed by atoms with Gasteiger partial charge in [-0.15, -0.1) is 0 Å². The third-order valence-electron chi connectivity index (χ3n) is 2.14. The van der Waals surface area contributed by atoms with Crippen LogP contribution in [0.4, 0.5) is 14.5 Å². The highest BCUT2D eigenvalue weighted by atomic mass is 19.1. The summed E-state index contributed by atoms with van der Waals surface area (Å²) < 4.78 is 26.9. The Balaban J connectivity index is 3.45. The molecule has 0 bridgehead atoms. The van der Waals surface area contributed by atoms with Crippen LogP contribution in [0, 0.1) is 11.6 Å². The topological polar surface area (TPSA) is 66.6 Å². The quantitative estimate of drug-likeness (QED) is 0.816. The van der Waals surface area contributed by atoms with Gasteiger partial charge in [-0.1, -0.05) is 0 Å². The zero-order valence-electron chi connectivity index (χ0n) is 8.87. The summed E-state index contributed by atoms with van der Waals surface area (Å²) in [5, 5.41) is 8.72. The first-order valence-electron chi connectivity index (χ1n) is 4.50. The highest BCUT2D eigenvalue weighted by molar-refractivity contribution is 5.78. The molecule has 1 aromatic rings. The second kappa shape index (κ2) is 4.44. The lowest BCUT2D eigenvalue weighted by molar-refractivity contribution is -0.138. The van der Waals surface area contributed by atoms with Gasteiger partial charge in [0.25, 0.3) is 0 Å². The number of carboxylic acids is 1. The van der Waals surface area contributed by atoms with Gasteiger partial charge in [-0.25, -0.2) is 8.78 Å². The van der Waals surface area contributed by atoms with E-state index in [-0.39, 0.29) is 11.3 Å². The largest absolute Gasteiger partial charge is 0.480 e. The SMILES string of the molecule is CN(C)c1c(F)ccc(F)c1C(N)C(=O)O. The van der Waals surface area contributed by atoms with Gasteiger partial charge >= 0.3 is 5.97 Å². The molecule has 1 unspecified atom stereocenters. The van der Waals surface area contributed by atoms with Crippen LogP contribution in [0.2, 0.25) is 0 Å². The summed E-state index contributed by atoms with van der Waals surface area (Å²) in [6.45, 7) is 0. The van der Waals surface area contributed by atoms with Crippen LogP contribution in [-0.4, -0.2) is 25.2 Å². The van der Waals surface area contributed by atoms with E-state index < -0.39 is 23.6 Å². The van der Waals surface area contributed by atoms with E-state index in [4.69, 9.17) is 10.8 Å². The average Bonchev–Trinajstić information content (AvgIpc) is 2.19. The van der Waals surface area contributed by atoms with Gasteiger partial charge in [0.05, 0.1) is 5.69 Å². The molecule has 0 aromatic heterocycles. The van der Waals surface area contributed by atoms with Crippen molar-refractivity contribution < 1.29 is 18.7 Å². The van der Waals surface area contributed by atoms with E-state index >= 15 is 0 Å². The van der Waals surface area contributed by atoms with Crippen molar-refractivity contribution in [2.75, 3.05) is 19.0 Å². The van der Waals surface area contributed by atoms with Crippen molar-refractivity contribution in [2.24, 2.45) is 5.73 Å². The predicted octanol–water partition coefficient (Wildman–Crippen LogP) is 1.12. The van der Waals surface area contributed by atoms with E-state index in [1.807, 2.05) is 0 Å². The minimum atomic E-state index is -1.59. The Kier molecular flexibility index (Phi) is 3.44. The lowest BCUT2D eigenvalue weighted by atomic mass is 10.0. The Bertz CT molecular complexity index is 422. The number of hydrogen-bond acceptors (Lipinski definition) is 3. The van der Waals surface area contributed by atoms with E-state index in [1.165, 1.54) is 19.0 Å². The molecule has 0 amide bonds. The number of nitrogens with two attached hydrogens (primary N) is 1. The van der Waals surface area contributed by atoms with E-state index in [1.54, 1.807) is 0 Å². The summed E-state index contributed by atoms with van der Waals surface area (Å²) in [6.07, 6.45) is 0.